The summed E-state index contributed by atoms with van der Waals surface area (Å²) in [4.78, 5) is 12.5. The van der Waals surface area contributed by atoms with Crippen LogP contribution in [0, 0.1) is 6.92 Å². The molecule has 23 heavy (non-hydrogen) atoms. The van der Waals surface area contributed by atoms with Gasteiger partial charge in [-0.3, -0.25) is 4.79 Å². The molecule has 0 aliphatic rings. The van der Waals surface area contributed by atoms with Crippen molar-refractivity contribution in [1.82, 2.24) is 9.69 Å². The number of aliphatic hydroxyl groups is 1. The van der Waals surface area contributed by atoms with Gasteiger partial charge < -0.3 is 15.7 Å². The number of carbonyl (C=O) groups is 1. The molecule has 5 nitrogen and oxygen atoms in total. The second kappa shape index (κ2) is 8.08. The lowest BCUT2D eigenvalue weighted by molar-refractivity contribution is 0.0946. The van der Waals surface area contributed by atoms with Crippen LogP contribution in [-0.2, 0) is 0 Å². The molecule has 1 heterocycles. The van der Waals surface area contributed by atoms with E-state index in [0.29, 0.717) is 18.5 Å². The molecule has 0 saturated carbocycles. The van der Waals surface area contributed by atoms with Crippen LogP contribution in [0.4, 0.5) is 5.00 Å². The number of nitrogens with zero attached hydrogens (tertiary/aromatic N) is 1. The third kappa shape index (κ3) is 4.53. The molecule has 0 fully saturated rings. The number of benzene rings is 1. The van der Waals surface area contributed by atoms with Crippen molar-refractivity contribution in [3.8, 4) is 0 Å². The highest BCUT2D eigenvalue weighted by molar-refractivity contribution is 7.10. The Morgan fingerprint density at radius 2 is 2.04 bits per heavy atom. The van der Waals surface area contributed by atoms with Crippen molar-refractivity contribution in [3.63, 3.8) is 0 Å². The maximum atomic E-state index is 12.5. The van der Waals surface area contributed by atoms with Gasteiger partial charge in [-0.2, -0.15) is 4.37 Å². The van der Waals surface area contributed by atoms with Crippen LogP contribution in [0.1, 0.15) is 40.9 Å². The van der Waals surface area contributed by atoms with Crippen LogP contribution in [0.2, 0.25) is 0 Å². The molecule has 2 rings (SSSR count). The normalized spacial score (nSPS) is 13.4. The molecule has 0 radical (unpaired) electrons. The topological polar surface area (TPSA) is 74.2 Å². The zero-order valence-corrected chi connectivity index (χ0v) is 14.5. The highest BCUT2D eigenvalue weighted by atomic mass is 32.1. The van der Waals surface area contributed by atoms with E-state index in [4.69, 9.17) is 0 Å². The molecular formula is C17H23N3O2S. The van der Waals surface area contributed by atoms with Crippen molar-refractivity contribution in [1.29, 1.82) is 0 Å². The Balaban J connectivity index is 2.09. The zero-order valence-electron chi connectivity index (χ0n) is 13.7. The van der Waals surface area contributed by atoms with Crippen molar-refractivity contribution in [3.05, 3.63) is 47.2 Å². The summed E-state index contributed by atoms with van der Waals surface area (Å²) in [5, 5.41) is 16.5. The SMILES string of the molecule is CNc1snc(C)c1C(=O)NCC(CC(C)O)c1ccccc1. The Kier molecular flexibility index (Phi) is 6.12. The van der Waals surface area contributed by atoms with Crippen molar-refractivity contribution in [2.45, 2.75) is 32.3 Å². The van der Waals surface area contributed by atoms with E-state index >= 15 is 0 Å². The third-order valence-electron chi connectivity index (χ3n) is 3.72. The summed E-state index contributed by atoms with van der Waals surface area (Å²) in [6.45, 7) is 4.08. The Labute approximate surface area is 140 Å². The second-order valence-electron chi connectivity index (χ2n) is 5.62. The quantitative estimate of drug-likeness (QED) is 0.728. The summed E-state index contributed by atoms with van der Waals surface area (Å²) in [5.41, 5.74) is 2.44. The van der Waals surface area contributed by atoms with E-state index in [9.17, 15) is 9.90 Å². The fraction of sp³-hybridized carbons (Fsp3) is 0.412. The number of carbonyl (C=O) groups excluding carboxylic acids is 1. The first-order chi connectivity index (χ1) is 11.0. The van der Waals surface area contributed by atoms with Crippen LogP contribution in [0.5, 0.6) is 0 Å². The van der Waals surface area contributed by atoms with E-state index in [1.807, 2.05) is 37.3 Å². The van der Waals surface area contributed by atoms with Crippen molar-refractivity contribution in [2.24, 2.45) is 0 Å². The Bertz CT molecular complexity index is 641. The van der Waals surface area contributed by atoms with Crippen LogP contribution < -0.4 is 10.6 Å². The number of rotatable bonds is 7. The van der Waals surface area contributed by atoms with E-state index in [0.717, 1.165) is 16.3 Å². The number of hydrogen-bond donors (Lipinski definition) is 3. The van der Waals surface area contributed by atoms with Gasteiger partial charge in [0.25, 0.3) is 5.91 Å². The molecule has 0 bridgehead atoms. The minimum Gasteiger partial charge on any atom is -0.393 e. The third-order valence-corrected chi connectivity index (χ3v) is 4.68. The van der Waals surface area contributed by atoms with Gasteiger partial charge in [0.05, 0.1) is 17.4 Å². The molecule has 1 aromatic heterocycles. The average Bonchev–Trinajstić information content (AvgIpc) is 2.92. The molecule has 2 atom stereocenters. The first-order valence-electron chi connectivity index (χ1n) is 7.68. The van der Waals surface area contributed by atoms with Gasteiger partial charge in [-0.05, 0) is 37.4 Å². The molecule has 2 unspecified atom stereocenters. The van der Waals surface area contributed by atoms with Crippen LogP contribution in [-0.4, -0.2) is 35.1 Å². The first kappa shape index (κ1) is 17.4. The first-order valence-corrected chi connectivity index (χ1v) is 8.45. The molecule has 2 aromatic rings. The maximum Gasteiger partial charge on any atom is 0.256 e. The highest BCUT2D eigenvalue weighted by Gasteiger charge is 2.20. The van der Waals surface area contributed by atoms with E-state index in [2.05, 4.69) is 15.0 Å². The molecule has 6 heteroatoms. The van der Waals surface area contributed by atoms with Gasteiger partial charge in [0, 0.05) is 19.5 Å². The molecule has 0 saturated heterocycles. The molecule has 0 aliphatic carbocycles. The Hall–Kier alpha value is -1.92. The predicted octanol–water partition coefficient (Wildman–Crippen LogP) is 2.78. The lowest BCUT2D eigenvalue weighted by Crippen LogP contribution is -2.30. The molecule has 0 spiro atoms. The van der Waals surface area contributed by atoms with Gasteiger partial charge >= 0.3 is 0 Å². The van der Waals surface area contributed by atoms with Gasteiger partial charge in [0.15, 0.2) is 0 Å². The minimum atomic E-state index is -0.422. The Morgan fingerprint density at radius 3 is 2.65 bits per heavy atom. The molecule has 0 aliphatic heterocycles. The number of aromatic nitrogens is 1. The fourth-order valence-corrected chi connectivity index (χ4v) is 3.33. The summed E-state index contributed by atoms with van der Waals surface area (Å²) in [6, 6.07) is 9.95. The van der Waals surface area contributed by atoms with Crippen molar-refractivity contribution < 1.29 is 9.90 Å². The van der Waals surface area contributed by atoms with E-state index in [1.54, 1.807) is 14.0 Å². The van der Waals surface area contributed by atoms with Crippen molar-refractivity contribution in [2.75, 3.05) is 18.9 Å². The van der Waals surface area contributed by atoms with E-state index < -0.39 is 6.10 Å². The van der Waals surface area contributed by atoms with Gasteiger partial charge in [-0.1, -0.05) is 30.3 Å². The summed E-state index contributed by atoms with van der Waals surface area (Å²) in [5.74, 6) is -0.0581. The van der Waals surface area contributed by atoms with Gasteiger partial charge in [0.1, 0.15) is 5.00 Å². The number of aryl methyl sites for hydroxylation is 1. The van der Waals surface area contributed by atoms with Crippen LogP contribution in [0.25, 0.3) is 0 Å². The van der Waals surface area contributed by atoms with E-state index in [-0.39, 0.29) is 11.8 Å². The minimum absolute atomic E-state index is 0.0742. The van der Waals surface area contributed by atoms with Crippen molar-refractivity contribution >= 4 is 22.4 Å². The summed E-state index contributed by atoms with van der Waals surface area (Å²) in [6.07, 6.45) is 0.180. The summed E-state index contributed by atoms with van der Waals surface area (Å²) in [7, 11) is 1.78. The number of aliphatic hydroxyl groups excluding tert-OH is 1. The lowest BCUT2D eigenvalue weighted by Gasteiger charge is -2.19. The largest absolute Gasteiger partial charge is 0.393 e. The average molecular weight is 333 g/mol. The molecule has 124 valence electrons. The zero-order chi connectivity index (χ0) is 16.8. The van der Waals surface area contributed by atoms with E-state index in [1.165, 1.54) is 11.5 Å². The monoisotopic (exact) mass is 333 g/mol. The van der Waals surface area contributed by atoms with Gasteiger partial charge in [-0.15, -0.1) is 0 Å². The van der Waals surface area contributed by atoms with Crippen LogP contribution in [0.15, 0.2) is 30.3 Å². The van der Waals surface area contributed by atoms with Gasteiger partial charge in [0.2, 0.25) is 0 Å². The lowest BCUT2D eigenvalue weighted by atomic mass is 9.93. The van der Waals surface area contributed by atoms with Gasteiger partial charge in [-0.25, -0.2) is 0 Å². The number of hydrogen-bond acceptors (Lipinski definition) is 5. The predicted molar refractivity (Wildman–Crippen MR) is 94.2 cm³/mol. The fourth-order valence-electron chi connectivity index (χ4n) is 2.59. The summed E-state index contributed by atoms with van der Waals surface area (Å²) >= 11 is 1.28. The standard InChI is InChI=1S/C17H23N3O2S/c1-11(21)9-14(13-7-5-4-6-8-13)10-19-16(22)15-12(2)20-23-17(15)18-3/h4-8,11,14,18,21H,9-10H2,1-3H3,(H,19,22). The second-order valence-corrected chi connectivity index (χ2v) is 6.40. The number of nitrogens with one attached hydrogen (secondary N) is 2. The Morgan fingerprint density at radius 1 is 1.35 bits per heavy atom. The number of anilines is 1. The highest BCUT2D eigenvalue weighted by Crippen LogP contribution is 2.25. The maximum absolute atomic E-state index is 12.5. The van der Waals surface area contributed by atoms with Crippen LogP contribution >= 0.6 is 11.5 Å². The summed E-state index contributed by atoms with van der Waals surface area (Å²) < 4.78 is 4.22. The van der Waals surface area contributed by atoms with Crippen LogP contribution in [0.3, 0.4) is 0 Å². The smallest absolute Gasteiger partial charge is 0.256 e. The molecule has 3 N–H and O–H groups in total. The molecule has 1 aromatic carbocycles. The molecule has 1 amide bonds. The number of amides is 1. The molecular weight excluding hydrogens is 310 g/mol.